The zero-order chi connectivity index (χ0) is 20.1. The maximum Gasteiger partial charge on any atom is 0.227 e. The number of hydrogen-bond donors (Lipinski definition) is 0. The Morgan fingerprint density at radius 1 is 1.00 bits per heavy atom. The van der Waals surface area contributed by atoms with E-state index in [2.05, 4.69) is 4.90 Å². The van der Waals surface area contributed by atoms with Crippen molar-refractivity contribution in [2.75, 3.05) is 38.5 Å². The molecule has 0 atom stereocenters. The highest BCUT2D eigenvalue weighted by atomic mass is 35.5. The Bertz CT molecular complexity index is 921. The average Bonchev–Trinajstić information content (AvgIpc) is 2.69. The SMILES string of the molecule is Cc1ccccc1CC(=O)N1CCN(CCS(=O)(=O)c2ccc(Cl)cc2)CC1. The smallest absolute Gasteiger partial charge is 0.227 e. The quantitative estimate of drug-likeness (QED) is 0.721. The number of piperazine rings is 1. The first-order valence-corrected chi connectivity index (χ1v) is 11.4. The largest absolute Gasteiger partial charge is 0.340 e. The molecular formula is C21H25ClN2O3S. The number of carbonyl (C=O) groups is 1. The molecule has 1 fully saturated rings. The molecule has 0 aromatic heterocycles. The predicted octanol–water partition coefficient (Wildman–Crippen LogP) is 2.81. The third-order valence-corrected chi connectivity index (χ3v) is 7.14. The molecule has 0 unspecified atom stereocenters. The standard InChI is InChI=1S/C21H25ClN2O3S/c1-17-4-2-3-5-18(17)16-21(25)24-12-10-23(11-13-24)14-15-28(26,27)20-8-6-19(22)7-9-20/h2-9H,10-16H2,1H3. The van der Waals surface area contributed by atoms with Crippen molar-refractivity contribution in [3.63, 3.8) is 0 Å². The second kappa shape index (κ2) is 9.07. The highest BCUT2D eigenvalue weighted by Gasteiger charge is 2.23. The Morgan fingerprint density at radius 3 is 2.29 bits per heavy atom. The van der Waals surface area contributed by atoms with E-state index in [0.29, 0.717) is 49.1 Å². The third kappa shape index (κ3) is 5.34. The fraction of sp³-hybridized carbons (Fsp3) is 0.381. The van der Waals surface area contributed by atoms with Gasteiger partial charge in [-0.25, -0.2) is 8.42 Å². The van der Waals surface area contributed by atoms with Crippen LogP contribution in [0.2, 0.25) is 5.02 Å². The van der Waals surface area contributed by atoms with Gasteiger partial charge in [-0.15, -0.1) is 0 Å². The minimum Gasteiger partial charge on any atom is -0.340 e. The minimum atomic E-state index is -3.33. The lowest BCUT2D eigenvalue weighted by molar-refractivity contribution is -0.132. The summed E-state index contributed by atoms with van der Waals surface area (Å²) in [5.74, 6) is 0.189. The molecular weight excluding hydrogens is 396 g/mol. The first-order chi connectivity index (χ1) is 13.3. The fourth-order valence-electron chi connectivity index (χ4n) is 3.31. The van der Waals surface area contributed by atoms with Crippen molar-refractivity contribution in [1.29, 1.82) is 0 Å². The number of benzene rings is 2. The lowest BCUT2D eigenvalue weighted by atomic mass is 10.1. The van der Waals surface area contributed by atoms with Crippen LogP contribution in [-0.2, 0) is 21.1 Å². The molecule has 0 aliphatic carbocycles. The van der Waals surface area contributed by atoms with Crippen molar-refractivity contribution < 1.29 is 13.2 Å². The molecule has 0 radical (unpaired) electrons. The number of carbonyl (C=O) groups excluding carboxylic acids is 1. The van der Waals surface area contributed by atoms with Gasteiger partial charge < -0.3 is 4.90 Å². The number of hydrogen-bond acceptors (Lipinski definition) is 4. The lowest BCUT2D eigenvalue weighted by Gasteiger charge is -2.34. The summed E-state index contributed by atoms with van der Waals surface area (Å²) < 4.78 is 24.9. The Morgan fingerprint density at radius 2 is 1.64 bits per heavy atom. The van der Waals surface area contributed by atoms with Crippen molar-refractivity contribution in [2.45, 2.75) is 18.2 Å². The summed E-state index contributed by atoms with van der Waals surface area (Å²) in [7, 11) is -3.33. The van der Waals surface area contributed by atoms with Gasteiger partial charge in [0.1, 0.15) is 0 Å². The van der Waals surface area contributed by atoms with Gasteiger partial charge in [-0.1, -0.05) is 35.9 Å². The van der Waals surface area contributed by atoms with E-state index in [1.54, 1.807) is 24.3 Å². The lowest BCUT2D eigenvalue weighted by Crippen LogP contribution is -2.50. The molecule has 150 valence electrons. The average molecular weight is 421 g/mol. The zero-order valence-electron chi connectivity index (χ0n) is 16.0. The summed E-state index contributed by atoms with van der Waals surface area (Å²) in [6.07, 6.45) is 0.414. The summed E-state index contributed by atoms with van der Waals surface area (Å²) in [5, 5.41) is 0.519. The molecule has 1 saturated heterocycles. The van der Waals surface area contributed by atoms with E-state index in [1.165, 1.54) is 0 Å². The molecule has 2 aromatic carbocycles. The number of aryl methyl sites for hydroxylation is 1. The van der Waals surface area contributed by atoms with Crippen LogP contribution in [0.25, 0.3) is 0 Å². The van der Waals surface area contributed by atoms with E-state index in [9.17, 15) is 13.2 Å². The van der Waals surface area contributed by atoms with Crippen molar-refractivity contribution in [2.24, 2.45) is 0 Å². The minimum absolute atomic E-state index is 0.0613. The van der Waals surface area contributed by atoms with Crippen LogP contribution in [0.1, 0.15) is 11.1 Å². The van der Waals surface area contributed by atoms with Crippen molar-refractivity contribution in [1.82, 2.24) is 9.80 Å². The zero-order valence-corrected chi connectivity index (χ0v) is 17.5. The molecule has 1 heterocycles. The molecule has 7 heteroatoms. The van der Waals surface area contributed by atoms with E-state index in [1.807, 2.05) is 36.1 Å². The van der Waals surface area contributed by atoms with Crippen molar-refractivity contribution >= 4 is 27.3 Å². The van der Waals surface area contributed by atoms with Crippen LogP contribution in [0.15, 0.2) is 53.4 Å². The molecule has 1 amide bonds. The van der Waals surface area contributed by atoms with E-state index in [0.717, 1.165) is 11.1 Å². The first-order valence-electron chi connectivity index (χ1n) is 9.38. The second-order valence-corrected chi connectivity index (χ2v) is 9.64. The number of halogens is 1. The molecule has 5 nitrogen and oxygen atoms in total. The van der Waals surface area contributed by atoms with E-state index in [4.69, 9.17) is 11.6 Å². The molecule has 0 saturated carbocycles. The molecule has 0 spiro atoms. The predicted molar refractivity (Wildman–Crippen MR) is 111 cm³/mol. The van der Waals surface area contributed by atoms with Crippen LogP contribution in [0.4, 0.5) is 0 Å². The van der Waals surface area contributed by atoms with Gasteiger partial charge in [0.15, 0.2) is 9.84 Å². The third-order valence-electron chi connectivity index (χ3n) is 5.18. The fourth-order valence-corrected chi connectivity index (χ4v) is 4.72. The second-order valence-electron chi connectivity index (χ2n) is 7.10. The van der Waals surface area contributed by atoms with Crippen molar-refractivity contribution in [3.05, 3.63) is 64.7 Å². The van der Waals surface area contributed by atoms with Gasteiger partial charge in [-0.3, -0.25) is 9.69 Å². The normalized spacial score (nSPS) is 15.6. The Labute approximate surface area is 171 Å². The van der Waals surface area contributed by atoms with Gasteiger partial charge in [0.05, 0.1) is 17.1 Å². The van der Waals surface area contributed by atoms with E-state index in [-0.39, 0.29) is 11.7 Å². The highest BCUT2D eigenvalue weighted by molar-refractivity contribution is 7.91. The number of sulfone groups is 1. The summed E-state index contributed by atoms with van der Waals surface area (Å²) in [6, 6.07) is 14.2. The molecule has 1 aliphatic heterocycles. The van der Waals surface area contributed by atoms with Crippen molar-refractivity contribution in [3.8, 4) is 0 Å². The summed E-state index contributed by atoms with van der Waals surface area (Å²) in [6.45, 7) is 5.12. The van der Waals surface area contributed by atoms with Crippen LogP contribution in [0.3, 0.4) is 0 Å². The van der Waals surface area contributed by atoms with Gasteiger partial charge in [0, 0.05) is 37.7 Å². The Hall–Kier alpha value is -1.89. The van der Waals surface area contributed by atoms with Crippen LogP contribution in [0.5, 0.6) is 0 Å². The molecule has 3 rings (SSSR count). The summed E-state index contributed by atoms with van der Waals surface area (Å²) in [4.78, 5) is 16.8. The first kappa shape index (κ1) is 20.8. The van der Waals surface area contributed by atoms with Gasteiger partial charge in [-0.2, -0.15) is 0 Å². The Balaban J connectivity index is 1.48. The van der Waals surface area contributed by atoms with E-state index >= 15 is 0 Å². The maximum atomic E-state index is 12.6. The van der Waals surface area contributed by atoms with Gasteiger partial charge in [0.2, 0.25) is 5.91 Å². The monoisotopic (exact) mass is 420 g/mol. The van der Waals surface area contributed by atoms with Crippen LogP contribution < -0.4 is 0 Å². The van der Waals surface area contributed by atoms with Gasteiger partial charge >= 0.3 is 0 Å². The van der Waals surface area contributed by atoms with Gasteiger partial charge in [0.25, 0.3) is 0 Å². The van der Waals surface area contributed by atoms with Gasteiger partial charge in [-0.05, 0) is 42.3 Å². The van der Waals surface area contributed by atoms with E-state index < -0.39 is 9.84 Å². The molecule has 0 bridgehead atoms. The number of nitrogens with zero attached hydrogens (tertiary/aromatic N) is 2. The molecule has 2 aromatic rings. The topological polar surface area (TPSA) is 57.7 Å². The molecule has 1 aliphatic rings. The Kier molecular flexibility index (Phi) is 6.75. The molecule has 28 heavy (non-hydrogen) atoms. The van der Waals surface area contributed by atoms with Crippen LogP contribution in [0, 0.1) is 6.92 Å². The number of amides is 1. The molecule has 0 N–H and O–H groups in total. The van der Waals surface area contributed by atoms with Crippen LogP contribution in [-0.4, -0.2) is 62.6 Å². The van der Waals surface area contributed by atoms with Crippen LogP contribution >= 0.6 is 11.6 Å². The summed E-state index contributed by atoms with van der Waals surface area (Å²) >= 11 is 5.82. The number of rotatable bonds is 6. The summed E-state index contributed by atoms with van der Waals surface area (Å²) in [5.41, 5.74) is 2.19. The maximum absolute atomic E-state index is 12.6. The highest BCUT2D eigenvalue weighted by Crippen LogP contribution is 2.16.